The Morgan fingerprint density at radius 2 is 2.00 bits per heavy atom. The summed E-state index contributed by atoms with van der Waals surface area (Å²) in [4.78, 5) is 23.3. The maximum atomic E-state index is 12.2. The minimum atomic E-state index is -3.31. The fraction of sp³-hybridized carbons (Fsp3) is 0.467. The summed E-state index contributed by atoms with van der Waals surface area (Å²) in [6, 6.07) is 4.96. The molecule has 2 fully saturated rings. The quantitative estimate of drug-likeness (QED) is 0.806. The first-order valence-electron chi connectivity index (χ1n) is 7.42. The van der Waals surface area contributed by atoms with E-state index in [0.717, 1.165) is 5.56 Å². The van der Waals surface area contributed by atoms with Gasteiger partial charge in [-0.05, 0) is 43.9 Å². The van der Waals surface area contributed by atoms with Crippen molar-refractivity contribution in [3.05, 3.63) is 23.8 Å². The Morgan fingerprint density at radius 3 is 2.52 bits per heavy atom. The van der Waals surface area contributed by atoms with Gasteiger partial charge >= 0.3 is 5.97 Å². The molecule has 0 spiro atoms. The molecular formula is C15H18N2O5S. The van der Waals surface area contributed by atoms with E-state index in [1.807, 2.05) is 0 Å². The van der Waals surface area contributed by atoms with Gasteiger partial charge in [-0.25, -0.2) is 8.42 Å². The number of carboxylic acids is 1. The zero-order valence-electron chi connectivity index (χ0n) is 12.7. The smallest absolute Gasteiger partial charge is 0.319 e. The van der Waals surface area contributed by atoms with Gasteiger partial charge in [0.15, 0.2) is 0 Å². The van der Waals surface area contributed by atoms with Crippen LogP contribution in [0.1, 0.15) is 24.8 Å². The lowest BCUT2D eigenvalue weighted by Crippen LogP contribution is -2.31. The highest BCUT2D eigenvalue weighted by Gasteiger charge is 2.57. The van der Waals surface area contributed by atoms with E-state index in [1.165, 1.54) is 4.31 Å². The van der Waals surface area contributed by atoms with E-state index in [2.05, 4.69) is 5.32 Å². The first-order chi connectivity index (χ1) is 10.8. The molecule has 1 aliphatic heterocycles. The highest BCUT2D eigenvalue weighted by Crippen LogP contribution is 2.47. The molecule has 0 aromatic heterocycles. The highest BCUT2D eigenvalue weighted by molar-refractivity contribution is 7.93. The van der Waals surface area contributed by atoms with Gasteiger partial charge < -0.3 is 10.4 Å². The number of nitrogens with zero attached hydrogens (tertiary/aromatic N) is 1. The van der Waals surface area contributed by atoms with Gasteiger partial charge in [-0.15, -0.1) is 0 Å². The second-order valence-corrected chi connectivity index (χ2v) is 8.10. The number of carboxylic acid groups (broad SMARTS) is 1. The summed E-state index contributed by atoms with van der Waals surface area (Å²) in [5.74, 6) is -1.56. The van der Waals surface area contributed by atoms with Gasteiger partial charge in [0.25, 0.3) is 0 Å². The molecule has 1 heterocycles. The molecule has 23 heavy (non-hydrogen) atoms. The van der Waals surface area contributed by atoms with Crippen LogP contribution < -0.4 is 9.62 Å². The molecule has 0 bridgehead atoms. The number of carbonyl (C=O) groups excluding carboxylic acids is 1. The molecule has 1 saturated heterocycles. The lowest BCUT2D eigenvalue weighted by Gasteiger charge is -2.20. The van der Waals surface area contributed by atoms with Crippen LogP contribution >= 0.6 is 0 Å². The summed E-state index contributed by atoms with van der Waals surface area (Å²) in [7, 11) is -3.31. The molecule has 0 radical (unpaired) electrons. The average Bonchev–Trinajstić information content (AvgIpc) is 3.21. The van der Waals surface area contributed by atoms with Crippen LogP contribution in [0.3, 0.4) is 0 Å². The number of aliphatic carboxylic acids is 1. The van der Waals surface area contributed by atoms with Crippen LogP contribution in [0.5, 0.6) is 0 Å². The number of anilines is 2. The molecule has 1 saturated carbocycles. The molecule has 1 amide bonds. The Balaban J connectivity index is 1.87. The summed E-state index contributed by atoms with van der Waals surface area (Å²) in [6.45, 7) is 2.22. The first-order valence-corrected chi connectivity index (χ1v) is 9.03. The molecular weight excluding hydrogens is 320 g/mol. The molecule has 0 unspecified atom stereocenters. The maximum Gasteiger partial charge on any atom is 0.319 e. The third kappa shape index (κ3) is 2.67. The van der Waals surface area contributed by atoms with E-state index in [4.69, 9.17) is 5.11 Å². The van der Waals surface area contributed by atoms with Crippen molar-refractivity contribution in [2.24, 2.45) is 5.41 Å². The van der Waals surface area contributed by atoms with Gasteiger partial charge in [-0.1, -0.05) is 6.07 Å². The summed E-state index contributed by atoms with van der Waals surface area (Å²) in [5.41, 5.74) is 0.392. The van der Waals surface area contributed by atoms with Crippen LogP contribution in [0.4, 0.5) is 11.4 Å². The summed E-state index contributed by atoms with van der Waals surface area (Å²) in [6.07, 6.45) is 1.22. The van der Waals surface area contributed by atoms with Gasteiger partial charge in [0.1, 0.15) is 5.41 Å². The van der Waals surface area contributed by atoms with E-state index < -0.39 is 27.3 Å². The fourth-order valence-corrected chi connectivity index (χ4v) is 4.40. The van der Waals surface area contributed by atoms with E-state index in [-0.39, 0.29) is 5.75 Å². The molecule has 124 valence electrons. The summed E-state index contributed by atoms with van der Waals surface area (Å²) in [5, 5.41) is 11.7. The van der Waals surface area contributed by atoms with Crippen molar-refractivity contribution in [2.45, 2.75) is 26.2 Å². The van der Waals surface area contributed by atoms with Crippen LogP contribution in [0.2, 0.25) is 0 Å². The Morgan fingerprint density at radius 1 is 1.30 bits per heavy atom. The lowest BCUT2D eigenvalue weighted by molar-refractivity contribution is -0.147. The van der Waals surface area contributed by atoms with Gasteiger partial charge in [-0.3, -0.25) is 13.9 Å². The standard InChI is InChI=1S/C15H18N2O5S/c1-10-3-4-11(16-13(18)15(5-6-15)14(19)20)9-12(10)17-7-2-8-23(17,21)22/h3-4,9H,2,5-8H2,1H3,(H,16,18)(H,19,20). The third-order valence-corrected chi connectivity index (χ3v) is 6.28. The molecule has 2 N–H and O–H groups in total. The second-order valence-electron chi connectivity index (χ2n) is 6.08. The number of hydrogen-bond acceptors (Lipinski definition) is 4. The molecule has 1 aromatic carbocycles. The second kappa shape index (κ2) is 5.23. The normalized spacial score (nSPS) is 21.0. The van der Waals surface area contributed by atoms with Gasteiger partial charge in [0, 0.05) is 12.2 Å². The van der Waals surface area contributed by atoms with Crippen molar-refractivity contribution in [1.82, 2.24) is 0 Å². The average molecular weight is 338 g/mol. The molecule has 8 heteroatoms. The Hall–Kier alpha value is -2.09. The maximum absolute atomic E-state index is 12.2. The number of rotatable bonds is 4. The number of hydrogen-bond donors (Lipinski definition) is 2. The predicted octanol–water partition coefficient (Wildman–Crippen LogP) is 1.34. The number of carbonyl (C=O) groups is 2. The molecule has 1 aromatic rings. The Labute approximate surface area is 134 Å². The topological polar surface area (TPSA) is 104 Å². The fourth-order valence-electron chi connectivity index (χ4n) is 2.78. The molecule has 0 atom stereocenters. The van der Waals surface area contributed by atoms with Crippen molar-refractivity contribution in [3.8, 4) is 0 Å². The summed E-state index contributed by atoms with van der Waals surface area (Å²) >= 11 is 0. The first kappa shape index (κ1) is 15.8. The number of nitrogens with one attached hydrogen (secondary N) is 1. The number of benzene rings is 1. The van der Waals surface area contributed by atoms with Crippen molar-refractivity contribution in [1.29, 1.82) is 0 Å². The largest absolute Gasteiger partial charge is 0.480 e. The van der Waals surface area contributed by atoms with Crippen LogP contribution in [0, 0.1) is 12.3 Å². The van der Waals surface area contributed by atoms with Gasteiger partial charge in [0.05, 0.1) is 11.4 Å². The third-order valence-electron chi connectivity index (χ3n) is 4.43. The molecule has 1 aliphatic carbocycles. The monoisotopic (exact) mass is 338 g/mol. The van der Waals surface area contributed by atoms with E-state index in [1.54, 1.807) is 25.1 Å². The molecule has 2 aliphatic rings. The van der Waals surface area contributed by atoms with E-state index in [9.17, 15) is 18.0 Å². The van der Waals surface area contributed by atoms with E-state index in [0.29, 0.717) is 37.2 Å². The van der Waals surface area contributed by atoms with Gasteiger partial charge in [-0.2, -0.15) is 0 Å². The van der Waals surface area contributed by atoms with Crippen LogP contribution in [0.25, 0.3) is 0 Å². The zero-order valence-corrected chi connectivity index (χ0v) is 13.5. The van der Waals surface area contributed by atoms with Crippen molar-refractivity contribution in [2.75, 3.05) is 21.9 Å². The predicted molar refractivity (Wildman–Crippen MR) is 84.9 cm³/mol. The zero-order chi connectivity index (χ0) is 16.8. The lowest BCUT2D eigenvalue weighted by atomic mass is 10.1. The SMILES string of the molecule is Cc1ccc(NC(=O)C2(C(=O)O)CC2)cc1N1CCCS1(=O)=O. The molecule has 7 nitrogen and oxygen atoms in total. The van der Waals surface area contributed by atoms with E-state index >= 15 is 0 Å². The summed E-state index contributed by atoms with van der Waals surface area (Å²) < 4.78 is 25.5. The van der Waals surface area contributed by atoms with Crippen molar-refractivity contribution >= 4 is 33.3 Å². The van der Waals surface area contributed by atoms with Crippen LogP contribution in [-0.4, -0.2) is 37.7 Å². The van der Waals surface area contributed by atoms with Gasteiger partial charge in [0.2, 0.25) is 15.9 Å². The number of amides is 1. The van der Waals surface area contributed by atoms with Crippen LogP contribution in [0.15, 0.2) is 18.2 Å². The van der Waals surface area contributed by atoms with Crippen LogP contribution in [-0.2, 0) is 19.6 Å². The number of sulfonamides is 1. The minimum absolute atomic E-state index is 0.116. The minimum Gasteiger partial charge on any atom is -0.480 e. The van der Waals surface area contributed by atoms with Crippen molar-refractivity contribution in [3.63, 3.8) is 0 Å². The Bertz CT molecular complexity index is 783. The van der Waals surface area contributed by atoms with Crippen molar-refractivity contribution < 1.29 is 23.1 Å². The number of aryl methyl sites for hydroxylation is 1. The Kier molecular flexibility index (Phi) is 3.59. The highest BCUT2D eigenvalue weighted by atomic mass is 32.2. The molecule has 3 rings (SSSR count).